The molecule has 0 aromatic rings. The van der Waals surface area contributed by atoms with Gasteiger partial charge in [-0.15, -0.1) is 0 Å². The molecule has 0 heterocycles. The van der Waals surface area contributed by atoms with Gasteiger partial charge >= 0.3 is 5.97 Å². The van der Waals surface area contributed by atoms with Gasteiger partial charge in [0.25, 0.3) is 0 Å². The molecular weight excluding hydrogens is 250 g/mol. The first-order valence-corrected chi connectivity index (χ1v) is 8.41. The van der Waals surface area contributed by atoms with E-state index in [1.54, 1.807) is 0 Å². The third-order valence-corrected chi connectivity index (χ3v) is 6.17. The molecule has 0 bridgehead atoms. The van der Waals surface area contributed by atoms with Crippen LogP contribution in [0, 0.1) is 11.8 Å². The Kier molecular flexibility index (Phi) is 5.11. The minimum atomic E-state index is -0.629. The highest BCUT2D eigenvalue weighted by molar-refractivity contribution is 5.68. The number of carboxylic acid groups (broad SMARTS) is 1. The first-order chi connectivity index (χ1) is 9.46. The van der Waals surface area contributed by atoms with Crippen molar-refractivity contribution >= 4 is 5.97 Å². The average Bonchev–Trinajstić information content (AvgIpc) is 2.41. The Bertz CT molecular complexity index is 336. The molecule has 3 nitrogen and oxygen atoms in total. The highest BCUT2D eigenvalue weighted by atomic mass is 16.4. The average molecular weight is 281 g/mol. The first kappa shape index (κ1) is 15.8. The zero-order valence-electron chi connectivity index (χ0n) is 13.4. The number of hydrogen-bond acceptors (Lipinski definition) is 2. The minimum Gasteiger partial charge on any atom is -0.481 e. The number of carbonyl (C=O) groups is 1. The van der Waals surface area contributed by atoms with Crippen LogP contribution in [0.2, 0.25) is 0 Å². The number of aliphatic carboxylic acids is 1. The molecule has 3 unspecified atom stereocenters. The summed E-state index contributed by atoms with van der Waals surface area (Å²) in [6, 6.07) is 0.566. The van der Waals surface area contributed by atoms with Gasteiger partial charge in [-0.25, -0.2) is 0 Å². The summed E-state index contributed by atoms with van der Waals surface area (Å²) < 4.78 is 0. The van der Waals surface area contributed by atoms with Crippen LogP contribution in [0.4, 0.5) is 0 Å². The van der Waals surface area contributed by atoms with Gasteiger partial charge < -0.3 is 5.11 Å². The molecule has 0 aromatic heterocycles. The topological polar surface area (TPSA) is 40.5 Å². The molecule has 2 aliphatic rings. The van der Waals surface area contributed by atoms with Crippen LogP contribution in [0.1, 0.15) is 71.6 Å². The lowest BCUT2D eigenvalue weighted by molar-refractivity contribution is -0.142. The van der Waals surface area contributed by atoms with Crippen LogP contribution in [0.25, 0.3) is 0 Å². The van der Waals surface area contributed by atoms with Crippen molar-refractivity contribution in [1.29, 1.82) is 0 Å². The van der Waals surface area contributed by atoms with Crippen LogP contribution in [0.5, 0.6) is 0 Å². The smallest absolute Gasteiger partial charge is 0.305 e. The van der Waals surface area contributed by atoms with Crippen LogP contribution >= 0.6 is 0 Å². The lowest BCUT2D eigenvalue weighted by Gasteiger charge is -2.51. The molecular formula is C17H31NO2. The fraction of sp³-hybridized carbons (Fsp3) is 0.941. The third-order valence-electron chi connectivity index (χ3n) is 6.17. The van der Waals surface area contributed by atoms with Gasteiger partial charge in [-0.3, -0.25) is 9.69 Å². The van der Waals surface area contributed by atoms with Crippen molar-refractivity contribution in [3.8, 4) is 0 Å². The molecule has 0 amide bonds. The van der Waals surface area contributed by atoms with Crippen molar-refractivity contribution in [2.75, 3.05) is 7.05 Å². The van der Waals surface area contributed by atoms with E-state index < -0.39 is 5.97 Å². The summed E-state index contributed by atoms with van der Waals surface area (Å²) in [6.07, 6.45) is 9.96. The van der Waals surface area contributed by atoms with Crippen LogP contribution in [0.3, 0.4) is 0 Å². The van der Waals surface area contributed by atoms with Gasteiger partial charge in [0.1, 0.15) is 0 Å². The van der Waals surface area contributed by atoms with E-state index >= 15 is 0 Å². The lowest BCUT2D eigenvalue weighted by Crippen LogP contribution is -2.56. The van der Waals surface area contributed by atoms with E-state index in [-0.39, 0.29) is 5.54 Å². The molecule has 2 aliphatic carbocycles. The van der Waals surface area contributed by atoms with E-state index in [9.17, 15) is 9.90 Å². The normalized spacial score (nSPS) is 34.1. The van der Waals surface area contributed by atoms with Gasteiger partial charge in [-0.2, -0.15) is 0 Å². The Labute approximate surface area is 123 Å². The van der Waals surface area contributed by atoms with Crippen molar-refractivity contribution in [2.45, 2.75) is 83.2 Å². The predicted octanol–water partition coefficient (Wildman–Crippen LogP) is 3.92. The largest absolute Gasteiger partial charge is 0.481 e. The third kappa shape index (κ3) is 3.19. The van der Waals surface area contributed by atoms with Crippen LogP contribution in [0.15, 0.2) is 0 Å². The van der Waals surface area contributed by atoms with Gasteiger partial charge in [0, 0.05) is 11.6 Å². The number of carboxylic acids is 1. The van der Waals surface area contributed by atoms with Crippen LogP contribution < -0.4 is 0 Å². The summed E-state index contributed by atoms with van der Waals surface area (Å²) >= 11 is 0. The zero-order valence-corrected chi connectivity index (χ0v) is 13.4. The molecule has 20 heavy (non-hydrogen) atoms. The monoisotopic (exact) mass is 281 g/mol. The second-order valence-corrected chi connectivity index (χ2v) is 7.30. The molecule has 0 saturated heterocycles. The van der Waals surface area contributed by atoms with Gasteiger partial charge in [-0.05, 0) is 38.1 Å². The van der Waals surface area contributed by atoms with Crippen molar-refractivity contribution in [2.24, 2.45) is 11.8 Å². The Hall–Kier alpha value is -0.570. The van der Waals surface area contributed by atoms with E-state index in [4.69, 9.17) is 0 Å². The number of rotatable bonds is 4. The summed E-state index contributed by atoms with van der Waals surface area (Å²) in [7, 11) is 2.20. The quantitative estimate of drug-likeness (QED) is 0.849. The Balaban J connectivity index is 2.16. The summed E-state index contributed by atoms with van der Waals surface area (Å²) in [4.78, 5) is 13.9. The highest BCUT2D eigenvalue weighted by Gasteiger charge is 2.43. The van der Waals surface area contributed by atoms with Crippen LogP contribution in [-0.2, 0) is 4.79 Å². The molecule has 3 atom stereocenters. The van der Waals surface area contributed by atoms with Gasteiger partial charge in [-0.1, -0.05) is 46.0 Å². The van der Waals surface area contributed by atoms with E-state index in [1.807, 2.05) is 0 Å². The van der Waals surface area contributed by atoms with E-state index in [0.29, 0.717) is 18.4 Å². The standard InChI is InChI=1S/C17H31NO2/c1-13-8-7-9-15(14(13)2)18(3)17(12-16(19)20)10-5-4-6-11-17/h13-15H,4-12H2,1-3H3,(H,19,20). The van der Waals surface area contributed by atoms with E-state index in [2.05, 4.69) is 25.8 Å². The molecule has 0 radical (unpaired) electrons. The molecule has 0 aromatic carbocycles. The maximum atomic E-state index is 11.4. The van der Waals surface area contributed by atoms with Gasteiger partial charge in [0.2, 0.25) is 0 Å². The van der Waals surface area contributed by atoms with Gasteiger partial charge in [0.15, 0.2) is 0 Å². The lowest BCUT2D eigenvalue weighted by atomic mass is 9.72. The Morgan fingerprint density at radius 3 is 2.40 bits per heavy atom. The van der Waals surface area contributed by atoms with Crippen molar-refractivity contribution < 1.29 is 9.90 Å². The van der Waals surface area contributed by atoms with Crippen LogP contribution in [-0.4, -0.2) is 34.6 Å². The summed E-state index contributed by atoms with van der Waals surface area (Å²) in [5, 5.41) is 9.37. The molecule has 0 spiro atoms. The zero-order chi connectivity index (χ0) is 14.8. The number of nitrogens with zero attached hydrogens (tertiary/aromatic N) is 1. The molecule has 116 valence electrons. The fourth-order valence-corrected chi connectivity index (χ4v) is 4.60. The predicted molar refractivity (Wildman–Crippen MR) is 81.8 cm³/mol. The molecule has 3 heteroatoms. The second kappa shape index (κ2) is 6.46. The van der Waals surface area contributed by atoms with Crippen molar-refractivity contribution in [1.82, 2.24) is 4.90 Å². The molecule has 2 rings (SSSR count). The summed E-state index contributed by atoms with van der Waals surface area (Å²) in [5.41, 5.74) is -0.0833. The van der Waals surface area contributed by atoms with E-state index in [0.717, 1.165) is 18.8 Å². The SMILES string of the molecule is CC1CCCC(N(C)C2(CC(=O)O)CCCCC2)C1C. The van der Waals surface area contributed by atoms with Crippen molar-refractivity contribution in [3.05, 3.63) is 0 Å². The summed E-state index contributed by atoms with van der Waals surface area (Å²) in [5.74, 6) is 0.818. The Morgan fingerprint density at radius 2 is 1.80 bits per heavy atom. The fourth-order valence-electron chi connectivity index (χ4n) is 4.60. The van der Waals surface area contributed by atoms with Crippen molar-refractivity contribution in [3.63, 3.8) is 0 Å². The molecule has 2 fully saturated rings. The first-order valence-electron chi connectivity index (χ1n) is 8.41. The molecule has 0 aliphatic heterocycles. The van der Waals surface area contributed by atoms with Gasteiger partial charge in [0.05, 0.1) is 6.42 Å². The molecule has 1 N–H and O–H groups in total. The minimum absolute atomic E-state index is 0.0833. The summed E-state index contributed by atoms with van der Waals surface area (Å²) in [6.45, 7) is 4.72. The second-order valence-electron chi connectivity index (χ2n) is 7.30. The maximum absolute atomic E-state index is 11.4. The maximum Gasteiger partial charge on any atom is 0.305 e. The molecule has 2 saturated carbocycles. The Morgan fingerprint density at radius 1 is 1.15 bits per heavy atom. The van der Waals surface area contributed by atoms with E-state index in [1.165, 1.54) is 38.5 Å². The number of hydrogen-bond donors (Lipinski definition) is 1. The highest BCUT2D eigenvalue weighted by Crippen LogP contribution is 2.42.